The number of rotatable bonds is 3. The van der Waals surface area contributed by atoms with Crippen molar-refractivity contribution in [2.75, 3.05) is 13.2 Å². The molecule has 0 spiro atoms. The van der Waals surface area contributed by atoms with Crippen LogP contribution in [0.15, 0.2) is 12.1 Å². The van der Waals surface area contributed by atoms with Gasteiger partial charge in [0.25, 0.3) is 0 Å². The first-order chi connectivity index (χ1) is 6.69. The summed E-state index contributed by atoms with van der Waals surface area (Å²) in [6.07, 6.45) is 0. The maximum Gasteiger partial charge on any atom is 0.119 e. The van der Waals surface area contributed by atoms with Crippen LogP contribution in [0.5, 0.6) is 5.75 Å². The fourth-order valence-electron chi connectivity index (χ4n) is 1.36. The van der Waals surface area contributed by atoms with Crippen molar-refractivity contribution in [1.82, 2.24) is 0 Å². The van der Waals surface area contributed by atoms with Gasteiger partial charge in [0.15, 0.2) is 0 Å². The third kappa shape index (κ3) is 3.43. The van der Waals surface area contributed by atoms with E-state index in [1.165, 1.54) is 0 Å². The summed E-state index contributed by atoms with van der Waals surface area (Å²) in [5.41, 5.74) is 7.95. The Morgan fingerprint density at radius 3 is 2.27 bits per heavy atom. The molecule has 0 unspecified atom stereocenters. The zero-order valence-electron chi connectivity index (χ0n) is 8.91. The lowest BCUT2D eigenvalue weighted by atomic mass is 10.0. The van der Waals surface area contributed by atoms with Gasteiger partial charge in [-0.3, -0.25) is 0 Å². The van der Waals surface area contributed by atoms with Gasteiger partial charge in [-0.2, -0.15) is 5.26 Å². The van der Waals surface area contributed by atoms with Crippen molar-refractivity contribution in [3.63, 3.8) is 0 Å². The van der Waals surface area contributed by atoms with Gasteiger partial charge in [0.1, 0.15) is 12.4 Å². The first kappa shape index (κ1) is 13.8. The Kier molecular flexibility index (Phi) is 5.76. The van der Waals surface area contributed by atoms with Crippen molar-refractivity contribution >= 4 is 12.4 Å². The molecule has 2 N–H and O–H groups in total. The number of nitriles is 1. The van der Waals surface area contributed by atoms with Gasteiger partial charge in [-0.25, -0.2) is 0 Å². The molecule has 3 nitrogen and oxygen atoms in total. The highest BCUT2D eigenvalue weighted by Gasteiger charge is 2.04. The van der Waals surface area contributed by atoms with Crippen molar-refractivity contribution < 1.29 is 4.74 Å². The van der Waals surface area contributed by atoms with Crippen LogP contribution in [0.4, 0.5) is 0 Å². The number of halogens is 1. The Balaban J connectivity index is 0.00000196. The van der Waals surface area contributed by atoms with E-state index in [0.717, 1.165) is 22.4 Å². The lowest BCUT2D eigenvalue weighted by Crippen LogP contribution is -2.10. The van der Waals surface area contributed by atoms with E-state index in [4.69, 9.17) is 15.7 Å². The molecule has 0 heterocycles. The second-order valence-corrected chi connectivity index (χ2v) is 3.18. The monoisotopic (exact) mass is 226 g/mol. The molecule has 1 aromatic rings. The quantitative estimate of drug-likeness (QED) is 0.857. The topological polar surface area (TPSA) is 59.0 Å². The number of hydrogen-bond acceptors (Lipinski definition) is 3. The van der Waals surface area contributed by atoms with Gasteiger partial charge in [0.05, 0.1) is 11.6 Å². The van der Waals surface area contributed by atoms with Gasteiger partial charge < -0.3 is 10.5 Å². The van der Waals surface area contributed by atoms with Gasteiger partial charge in [-0.1, -0.05) is 0 Å². The minimum Gasteiger partial charge on any atom is -0.492 e. The van der Waals surface area contributed by atoms with E-state index in [1.54, 1.807) is 0 Å². The molecule has 0 atom stereocenters. The third-order valence-corrected chi connectivity index (χ3v) is 2.00. The van der Waals surface area contributed by atoms with Crippen LogP contribution < -0.4 is 10.5 Å². The highest BCUT2D eigenvalue weighted by atomic mass is 35.5. The summed E-state index contributed by atoms with van der Waals surface area (Å²) in [6, 6.07) is 5.89. The van der Waals surface area contributed by atoms with Crippen LogP contribution >= 0.6 is 12.4 Å². The zero-order chi connectivity index (χ0) is 10.6. The van der Waals surface area contributed by atoms with Crippen LogP contribution in [0.2, 0.25) is 0 Å². The van der Waals surface area contributed by atoms with Crippen LogP contribution in [0.3, 0.4) is 0 Å². The van der Waals surface area contributed by atoms with Crippen molar-refractivity contribution in [3.8, 4) is 11.8 Å². The highest BCUT2D eigenvalue weighted by Crippen LogP contribution is 2.20. The fourth-order valence-corrected chi connectivity index (χ4v) is 1.36. The molecular formula is C11H15ClN2O. The predicted octanol–water partition coefficient (Wildman–Crippen LogP) is 1.93. The number of hydrogen-bond donors (Lipinski definition) is 1. The van der Waals surface area contributed by atoms with Crippen LogP contribution in [0.1, 0.15) is 16.7 Å². The molecule has 0 amide bonds. The molecule has 0 saturated carbocycles. The SMILES string of the molecule is Cc1cc(OCCN)cc(C)c1C#N.Cl. The van der Waals surface area contributed by atoms with Crippen LogP contribution in [-0.2, 0) is 0 Å². The van der Waals surface area contributed by atoms with Gasteiger partial charge in [0.2, 0.25) is 0 Å². The molecule has 1 aromatic carbocycles. The molecule has 4 heteroatoms. The summed E-state index contributed by atoms with van der Waals surface area (Å²) in [4.78, 5) is 0. The standard InChI is InChI=1S/C11H14N2O.ClH/c1-8-5-10(14-4-3-12)6-9(2)11(8)7-13;/h5-6H,3-4,12H2,1-2H3;1H. The van der Waals surface area contributed by atoms with E-state index in [0.29, 0.717) is 13.2 Å². The van der Waals surface area contributed by atoms with E-state index >= 15 is 0 Å². The minimum atomic E-state index is 0. The molecular weight excluding hydrogens is 212 g/mol. The summed E-state index contributed by atoms with van der Waals surface area (Å²) >= 11 is 0. The summed E-state index contributed by atoms with van der Waals surface area (Å²) in [6.45, 7) is 4.81. The van der Waals surface area contributed by atoms with Gasteiger partial charge in [-0.15, -0.1) is 12.4 Å². The number of aryl methyl sites for hydroxylation is 2. The molecule has 1 rings (SSSR count). The second-order valence-electron chi connectivity index (χ2n) is 3.18. The van der Waals surface area contributed by atoms with Crippen LogP contribution in [0, 0.1) is 25.2 Å². The average molecular weight is 227 g/mol. The Hall–Kier alpha value is -1.24. The highest BCUT2D eigenvalue weighted by molar-refractivity contribution is 5.85. The van der Waals surface area contributed by atoms with Gasteiger partial charge >= 0.3 is 0 Å². The Labute approximate surface area is 96.3 Å². The maximum atomic E-state index is 8.86. The lowest BCUT2D eigenvalue weighted by molar-refractivity contribution is 0.328. The van der Waals surface area contributed by atoms with Crippen molar-refractivity contribution in [2.45, 2.75) is 13.8 Å². The third-order valence-electron chi connectivity index (χ3n) is 2.00. The molecule has 0 radical (unpaired) electrons. The Morgan fingerprint density at radius 2 is 1.87 bits per heavy atom. The minimum absolute atomic E-state index is 0. The summed E-state index contributed by atoms with van der Waals surface area (Å²) in [5, 5.41) is 8.86. The molecule has 0 bridgehead atoms. The van der Waals surface area contributed by atoms with Crippen molar-refractivity contribution in [2.24, 2.45) is 5.73 Å². The van der Waals surface area contributed by atoms with Crippen LogP contribution in [-0.4, -0.2) is 13.2 Å². The number of nitrogens with two attached hydrogens (primary N) is 1. The van der Waals surface area contributed by atoms with Crippen molar-refractivity contribution in [1.29, 1.82) is 5.26 Å². The number of nitrogens with zero attached hydrogens (tertiary/aromatic N) is 1. The zero-order valence-corrected chi connectivity index (χ0v) is 9.73. The van der Waals surface area contributed by atoms with Crippen LogP contribution in [0.25, 0.3) is 0 Å². The first-order valence-electron chi connectivity index (χ1n) is 4.53. The van der Waals surface area contributed by atoms with E-state index in [1.807, 2.05) is 26.0 Å². The van der Waals surface area contributed by atoms with E-state index < -0.39 is 0 Å². The van der Waals surface area contributed by atoms with E-state index in [-0.39, 0.29) is 12.4 Å². The molecule has 0 saturated heterocycles. The average Bonchev–Trinajstić information content (AvgIpc) is 2.14. The molecule has 0 aliphatic rings. The van der Waals surface area contributed by atoms with Gasteiger partial charge in [-0.05, 0) is 37.1 Å². The lowest BCUT2D eigenvalue weighted by Gasteiger charge is -2.08. The largest absolute Gasteiger partial charge is 0.492 e. The first-order valence-corrected chi connectivity index (χ1v) is 4.53. The number of benzene rings is 1. The Bertz CT molecular complexity index is 348. The molecule has 82 valence electrons. The summed E-state index contributed by atoms with van der Waals surface area (Å²) in [5.74, 6) is 0.782. The molecule has 15 heavy (non-hydrogen) atoms. The predicted molar refractivity (Wildman–Crippen MR) is 62.4 cm³/mol. The molecule has 0 aliphatic carbocycles. The number of ether oxygens (including phenoxy) is 1. The Morgan fingerprint density at radius 1 is 1.33 bits per heavy atom. The van der Waals surface area contributed by atoms with E-state index in [2.05, 4.69) is 6.07 Å². The van der Waals surface area contributed by atoms with Crippen molar-refractivity contribution in [3.05, 3.63) is 28.8 Å². The molecule has 0 fully saturated rings. The maximum absolute atomic E-state index is 8.86. The normalized spacial score (nSPS) is 8.93. The van der Waals surface area contributed by atoms with Gasteiger partial charge in [0, 0.05) is 6.54 Å². The summed E-state index contributed by atoms with van der Waals surface area (Å²) in [7, 11) is 0. The molecule has 0 aromatic heterocycles. The fraction of sp³-hybridized carbons (Fsp3) is 0.364. The van der Waals surface area contributed by atoms with E-state index in [9.17, 15) is 0 Å². The molecule has 0 aliphatic heterocycles. The smallest absolute Gasteiger partial charge is 0.119 e. The second kappa shape index (κ2) is 6.28. The summed E-state index contributed by atoms with van der Waals surface area (Å²) < 4.78 is 5.38.